The molecule has 1 fully saturated rings. The van der Waals surface area contributed by atoms with Crippen LogP contribution in [-0.2, 0) is 4.74 Å². The van der Waals surface area contributed by atoms with Gasteiger partial charge in [0.05, 0.1) is 12.7 Å². The highest BCUT2D eigenvalue weighted by atomic mass is 35.5. The Labute approximate surface area is 97.4 Å². The van der Waals surface area contributed by atoms with Crippen molar-refractivity contribution < 1.29 is 4.74 Å². The molecule has 0 radical (unpaired) electrons. The second-order valence-electron chi connectivity index (χ2n) is 4.48. The molecule has 1 aromatic rings. The molecular formula is C12H18ClNO. The second-order valence-corrected chi connectivity index (χ2v) is 4.48. The van der Waals surface area contributed by atoms with Crippen molar-refractivity contribution >= 4 is 12.4 Å². The minimum absolute atomic E-state index is 0. The Morgan fingerprint density at radius 3 is 2.47 bits per heavy atom. The van der Waals surface area contributed by atoms with Crippen LogP contribution < -0.4 is 5.32 Å². The Bertz CT molecular complexity index is 290. The minimum atomic E-state index is 0. The zero-order chi connectivity index (χ0) is 10.0. The molecule has 1 unspecified atom stereocenters. The smallest absolute Gasteiger partial charge is 0.0950 e. The van der Waals surface area contributed by atoms with Gasteiger partial charge in [0.15, 0.2) is 0 Å². The van der Waals surface area contributed by atoms with Crippen LogP contribution in [-0.4, -0.2) is 18.7 Å². The van der Waals surface area contributed by atoms with Crippen molar-refractivity contribution in [2.45, 2.75) is 25.5 Å². The SMILES string of the molecule is CC1(C)COC(c2ccccc2)CN1.Cl. The van der Waals surface area contributed by atoms with E-state index in [1.165, 1.54) is 5.56 Å². The largest absolute Gasteiger partial charge is 0.370 e. The molecule has 0 amide bonds. The summed E-state index contributed by atoms with van der Waals surface area (Å²) in [5, 5.41) is 3.48. The third-order valence-electron chi connectivity index (χ3n) is 2.58. The Balaban J connectivity index is 0.00000112. The topological polar surface area (TPSA) is 21.3 Å². The molecule has 2 nitrogen and oxygen atoms in total. The van der Waals surface area contributed by atoms with Gasteiger partial charge in [-0.3, -0.25) is 0 Å². The van der Waals surface area contributed by atoms with E-state index in [2.05, 4.69) is 43.4 Å². The van der Waals surface area contributed by atoms with Gasteiger partial charge in [0.2, 0.25) is 0 Å². The Kier molecular flexibility index (Phi) is 4.14. The summed E-state index contributed by atoms with van der Waals surface area (Å²) in [5.41, 5.74) is 1.38. The van der Waals surface area contributed by atoms with Crippen LogP contribution in [0.1, 0.15) is 25.5 Å². The lowest BCUT2D eigenvalue weighted by Gasteiger charge is -2.36. The van der Waals surface area contributed by atoms with E-state index in [0.29, 0.717) is 0 Å². The third-order valence-corrected chi connectivity index (χ3v) is 2.58. The molecule has 1 atom stereocenters. The van der Waals surface area contributed by atoms with Crippen LogP contribution in [0.5, 0.6) is 0 Å². The van der Waals surface area contributed by atoms with Crippen molar-refractivity contribution in [1.29, 1.82) is 0 Å². The highest BCUT2D eigenvalue weighted by Gasteiger charge is 2.27. The molecule has 0 saturated carbocycles. The summed E-state index contributed by atoms with van der Waals surface area (Å²) in [6.45, 7) is 5.99. The molecule has 1 N–H and O–H groups in total. The number of nitrogens with one attached hydrogen (secondary N) is 1. The molecule has 84 valence electrons. The van der Waals surface area contributed by atoms with Gasteiger partial charge in [-0.25, -0.2) is 0 Å². The highest BCUT2D eigenvalue weighted by molar-refractivity contribution is 5.85. The molecule has 0 spiro atoms. The molecule has 0 aromatic heterocycles. The monoisotopic (exact) mass is 227 g/mol. The summed E-state index contributed by atoms with van der Waals surface area (Å²) in [6, 6.07) is 10.4. The summed E-state index contributed by atoms with van der Waals surface area (Å²) in [6.07, 6.45) is 0.212. The van der Waals surface area contributed by atoms with E-state index >= 15 is 0 Å². The van der Waals surface area contributed by atoms with Crippen LogP contribution >= 0.6 is 12.4 Å². The minimum Gasteiger partial charge on any atom is -0.370 e. The van der Waals surface area contributed by atoms with Crippen LogP contribution in [0.3, 0.4) is 0 Å². The molecule has 0 bridgehead atoms. The summed E-state index contributed by atoms with van der Waals surface area (Å²) in [7, 11) is 0. The van der Waals surface area contributed by atoms with Crippen molar-refractivity contribution in [1.82, 2.24) is 5.32 Å². The normalized spacial score (nSPS) is 24.3. The van der Waals surface area contributed by atoms with Crippen LogP contribution in [0.25, 0.3) is 0 Å². The Morgan fingerprint density at radius 2 is 1.93 bits per heavy atom. The quantitative estimate of drug-likeness (QED) is 0.796. The lowest BCUT2D eigenvalue weighted by Crippen LogP contribution is -2.50. The summed E-state index contributed by atoms with van der Waals surface area (Å²) >= 11 is 0. The number of benzene rings is 1. The molecular weight excluding hydrogens is 210 g/mol. The Morgan fingerprint density at radius 1 is 1.27 bits per heavy atom. The molecule has 1 aliphatic heterocycles. The van der Waals surface area contributed by atoms with Gasteiger partial charge < -0.3 is 10.1 Å². The third kappa shape index (κ3) is 3.20. The zero-order valence-electron chi connectivity index (χ0n) is 9.19. The van der Waals surface area contributed by atoms with Crippen molar-refractivity contribution in [2.24, 2.45) is 0 Å². The lowest BCUT2D eigenvalue weighted by molar-refractivity contribution is -0.0228. The van der Waals surface area contributed by atoms with Gasteiger partial charge in [-0.15, -0.1) is 12.4 Å². The van der Waals surface area contributed by atoms with Gasteiger partial charge in [0, 0.05) is 12.1 Å². The number of hydrogen-bond donors (Lipinski definition) is 1. The van der Waals surface area contributed by atoms with E-state index in [-0.39, 0.29) is 24.0 Å². The fraction of sp³-hybridized carbons (Fsp3) is 0.500. The number of rotatable bonds is 1. The van der Waals surface area contributed by atoms with Gasteiger partial charge >= 0.3 is 0 Å². The fourth-order valence-electron chi connectivity index (χ4n) is 1.67. The predicted molar refractivity (Wildman–Crippen MR) is 64.5 cm³/mol. The molecule has 2 rings (SSSR count). The first-order chi connectivity index (χ1) is 6.67. The molecule has 3 heteroatoms. The molecule has 15 heavy (non-hydrogen) atoms. The van der Waals surface area contributed by atoms with Crippen LogP contribution in [0.15, 0.2) is 30.3 Å². The molecule has 1 aliphatic rings. The summed E-state index contributed by atoms with van der Waals surface area (Å²) in [4.78, 5) is 0. The van der Waals surface area contributed by atoms with E-state index in [1.807, 2.05) is 6.07 Å². The van der Waals surface area contributed by atoms with Crippen molar-refractivity contribution in [3.63, 3.8) is 0 Å². The van der Waals surface area contributed by atoms with E-state index in [0.717, 1.165) is 13.2 Å². The molecule has 1 aromatic carbocycles. The van der Waals surface area contributed by atoms with E-state index < -0.39 is 0 Å². The lowest BCUT2D eigenvalue weighted by atomic mass is 10.0. The van der Waals surface area contributed by atoms with Crippen molar-refractivity contribution in [2.75, 3.05) is 13.2 Å². The first-order valence-corrected chi connectivity index (χ1v) is 5.09. The van der Waals surface area contributed by atoms with Crippen LogP contribution in [0.2, 0.25) is 0 Å². The zero-order valence-corrected chi connectivity index (χ0v) is 10.0. The van der Waals surface area contributed by atoms with Crippen LogP contribution in [0, 0.1) is 0 Å². The standard InChI is InChI=1S/C12H17NO.ClH/c1-12(2)9-14-11(8-13-12)10-6-4-3-5-7-10;/h3-7,11,13H,8-9H2,1-2H3;1H. The van der Waals surface area contributed by atoms with Gasteiger partial charge in [0.1, 0.15) is 0 Å². The number of hydrogen-bond acceptors (Lipinski definition) is 2. The Hall–Kier alpha value is -0.570. The highest BCUT2D eigenvalue weighted by Crippen LogP contribution is 2.22. The van der Waals surface area contributed by atoms with Gasteiger partial charge in [0.25, 0.3) is 0 Å². The number of ether oxygens (including phenoxy) is 1. The fourth-order valence-corrected chi connectivity index (χ4v) is 1.67. The van der Waals surface area contributed by atoms with Crippen molar-refractivity contribution in [3.05, 3.63) is 35.9 Å². The molecule has 1 heterocycles. The maximum atomic E-state index is 5.82. The first-order valence-electron chi connectivity index (χ1n) is 5.09. The van der Waals surface area contributed by atoms with Crippen LogP contribution in [0.4, 0.5) is 0 Å². The molecule has 1 saturated heterocycles. The second kappa shape index (κ2) is 4.97. The van der Waals surface area contributed by atoms with Crippen molar-refractivity contribution in [3.8, 4) is 0 Å². The van der Waals surface area contributed by atoms with Gasteiger partial charge in [-0.05, 0) is 19.4 Å². The van der Waals surface area contributed by atoms with E-state index in [9.17, 15) is 0 Å². The maximum Gasteiger partial charge on any atom is 0.0950 e. The summed E-state index contributed by atoms with van der Waals surface area (Å²) < 4.78 is 5.82. The van der Waals surface area contributed by atoms with E-state index in [1.54, 1.807) is 0 Å². The predicted octanol–water partition coefficient (Wildman–Crippen LogP) is 2.55. The number of morpholine rings is 1. The average molecular weight is 228 g/mol. The summed E-state index contributed by atoms with van der Waals surface area (Å²) in [5.74, 6) is 0. The number of halogens is 1. The molecule has 0 aliphatic carbocycles. The maximum absolute atomic E-state index is 5.82. The van der Waals surface area contributed by atoms with Gasteiger partial charge in [-0.1, -0.05) is 30.3 Å². The first kappa shape index (κ1) is 12.5. The average Bonchev–Trinajstić information content (AvgIpc) is 2.19. The van der Waals surface area contributed by atoms with E-state index in [4.69, 9.17) is 4.74 Å². The van der Waals surface area contributed by atoms with Gasteiger partial charge in [-0.2, -0.15) is 0 Å².